The Balaban J connectivity index is 2.12. The Labute approximate surface area is 111 Å². The Morgan fingerprint density at radius 1 is 1.42 bits per heavy atom. The van der Waals surface area contributed by atoms with Gasteiger partial charge in [0.2, 0.25) is 0 Å². The first-order valence-electron chi connectivity index (χ1n) is 6.37. The third-order valence-corrected chi connectivity index (χ3v) is 3.21. The monoisotopic (exact) mass is 266 g/mol. The fourth-order valence-corrected chi connectivity index (χ4v) is 2.18. The minimum Gasteiger partial charge on any atom is -0.494 e. The molecule has 1 aliphatic rings. The fraction of sp³-hybridized carbons (Fsp3) is 0.538. The lowest BCUT2D eigenvalue weighted by Crippen LogP contribution is -2.20. The normalized spacial score (nSPS) is 19.5. The van der Waals surface area contributed by atoms with Crippen LogP contribution in [0.2, 0.25) is 0 Å². The van der Waals surface area contributed by atoms with Crippen LogP contribution < -0.4 is 10.1 Å². The Morgan fingerprint density at radius 3 is 3.00 bits per heavy atom. The van der Waals surface area contributed by atoms with E-state index in [0.717, 1.165) is 38.2 Å². The minimum absolute atomic E-state index is 0.0339. The highest BCUT2D eigenvalue weighted by Crippen LogP contribution is 2.30. The summed E-state index contributed by atoms with van der Waals surface area (Å²) >= 11 is 0. The summed E-state index contributed by atoms with van der Waals surface area (Å²) in [5.41, 5.74) is 0.826. The summed E-state index contributed by atoms with van der Waals surface area (Å²) < 4.78 is 10.6. The van der Waals surface area contributed by atoms with Gasteiger partial charge in [0.1, 0.15) is 5.75 Å². The van der Waals surface area contributed by atoms with Crippen LogP contribution in [0.15, 0.2) is 18.2 Å². The first-order valence-corrected chi connectivity index (χ1v) is 6.37. The van der Waals surface area contributed by atoms with E-state index in [1.54, 1.807) is 6.07 Å². The summed E-state index contributed by atoms with van der Waals surface area (Å²) in [5.74, 6) is 0.499. The number of nitro benzene ring substituents is 1. The molecule has 1 heterocycles. The number of hydrogen-bond acceptors (Lipinski definition) is 5. The van der Waals surface area contributed by atoms with Crippen LogP contribution in [0.3, 0.4) is 0 Å². The van der Waals surface area contributed by atoms with Crippen molar-refractivity contribution in [1.82, 2.24) is 0 Å². The number of ether oxygens (including phenoxy) is 2. The van der Waals surface area contributed by atoms with Crippen LogP contribution in [0, 0.1) is 10.1 Å². The first kappa shape index (κ1) is 13.6. The topological polar surface area (TPSA) is 73.6 Å². The molecule has 6 nitrogen and oxygen atoms in total. The summed E-state index contributed by atoms with van der Waals surface area (Å²) in [6, 6.07) is 4.94. The quantitative estimate of drug-likeness (QED) is 0.669. The molecule has 1 atom stereocenters. The molecule has 1 fully saturated rings. The third-order valence-electron chi connectivity index (χ3n) is 3.21. The van der Waals surface area contributed by atoms with E-state index in [0.29, 0.717) is 11.8 Å². The second-order valence-corrected chi connectivity index (χ2v) is 4.53. The van der Waals surface area contributed by atoms with E-state index < -0.39 is 4.92 Å². The molecule has 1 aromatic rings. The molecule has 0 aromatic heterocycles. The van der Waals surface area contributed by atoms with Crippen LogP contribution in [0.1, 0.15) is 19.3 Å². The van der Waals surface area contributed by atoms with Gasteiger partial charge >= 0.3 is 0 Å². The minimum atomic E-state index is -0.425. The van der Waals surface area contributed by atoms with Crippen molar-refractivity contribution in [3.8, 4) is 5.75 Å². The highest BCUT2D eigenvalue weighted by atomic mass is 16.6. The summed E-state index contributed by atoms with van der Waals surface area (Å²) in [5, 5.41) is 14.1. The van der Waals surface area contributed by atoms with Gasteiger partial charge in [0.25, 0.3) is 5.69 Å². The van der Waals surface area contributed by atoms with E-state index in [2.05, 4.69) is 5.32 Å². The highest BCUT2D eigenvalue weighted by Gasteiger charge is 2.16. The van der Waals surface area contributed by atoms with E-state index in [9.17, 15) is 10.1 Å². The number of non-ortho nitro benzene ring substituents is 1. The Morgan fingerprint density at radius 2 is 2.26 bits per heavy atom. The molecule has 1 N–H and O–H groups in total. The summed E-state index contributed by atoms with van der Waals surface area (Å²) in [4.78, 5) is 10.3. The molecule has 0 amide bonds. The van der Waals surface area contributed by atoms with Crippen LogP contribution in [0.4, 0.5) is 11.4 Å². The predicted molar refractivity (Wildman–Crippen MR) is 71.7 cm³/mol. The Kier molecular flexibility index (Phi) is 4.57. The van der Waals surface area contributed by atoms with Gasteiger partial charge in [0.15, 0.2) is 0 Å². The zero-order chi connectivity index (χ0) is 13.7. The maximum Gasteiger partial charge on any atom is 0.273 e. The largest absolute Gasteiger partial charge is 0.494 e. The van der Waals surface area contributed by atoms with Crippen molar-refractivity contribution in [2.75, 3.05) is 25.6 Å². The molecule has 1 aliphatic heterocycles. The van der Waals surface area contributed by atoms with Crippen molar-refractivity contribution in [3.63, 3.8) is 0 Å². The van der Waals surface area contributed by atoms with Gasteiger partial charge in [-0.05, 0) is 25.3 Å². The molecule has 0 saturated carbocycles. The Hall–Kier alpha value is -1.82. The molecule has 1 saturated heterocycles. The summed E-state index contributed by atoms with van der Waals surface area (Å²) in [6.07, 6.45) is 2.98. The van der Waals surface area contributed by atoms with Crippen LogP contribution in [-0.2, 0) is 4.74 Å². The molecule has 0 radical (unpaired) electrons. The maximum absolute atomic E-state index is 10.7. The smallest absolute Gasteiger partial charge is 0.273 e. The van der Waals surface area contributed by atoms with Gasteiger partial charge in [-0.25, -0.2) is 0 Å². The molecule has 104 valence electrons. The molecule has 1 aromatic carbocycles. The third kappa shape index (κ3) is 3.57. The first-order chi connectivity index (χ1) is 9.20. The van der Waals surface area contributed by atoms with Crippen molar-refractivity contribution in [2.45, 2.75) is 25.3 Å². The zero-order valence-corrected chi connectivity index (χ0v) is 10.9. The van der Waals surface area contributed by atoms with E-state index in [1.165, 1.54) is 19.2 Å². The lowest BCUT2D eigenvalue weighted by molar-refractivity contribution is -0.384. The number of nitro groups is 1. The van der Waals surface area contributed by atoms with Gasteiger partial charge in [0.05, 0.1) is 23.8 Å². The van der Waals surface area contributed by atoms with Crippen molar-refractivity contribution in [3.05, 3.63) is 28.3 Å². The average molecular weight is 266 g/mol. The number of anilines is 1. The van der Waals surface area contributed by atoms with Crippen molar-refractivity contribution < 1.29 is 14.4 Å². The number of nitrogens with zero attached hydrogens (tertiary/aromatic N) is 1. The van der Waals surface area contributed by atoms with Crippen LogP contribution in [0.25, 0.3) is 0 Å². The van der Waals surface area contributed by atoms with E-state index in [4.69, 9.17) is 9.47 Å². The second kappa shape index (κ2) is 6.38. The predicted octanol–water partition coefficient (Wildman–Crippen LogP) is 2.58. The van der Waals surface area contributed by atoms with E-state index in [-0.39, 0.29) is 5.69 Å². The molecule has 0 bridgehead atoms. The van der Waals surface area contributed by atoms with E-state index in [1.807, 2.05) is 0 Å². The number of nitrogens with one attached hydrogen (secondary N) is 1. The molecule has 6 heteroatoms. The molecule has 0 spiro atoms. The number of rotatable bonds is 4. The number of hydrogen-bond donors (Lipinski definition) is 1. The number of methoxy groups -OCH3 is 1. The number of benzene rings is 1. The van der Waals surface area contributed by atoms with Crippen LogP contribution >= 0.6 is 0 Å². The van der Waals surface area contributed by atoms with Crippen molar-refractivity contribution in [2.24, 2.45) is 0 Å². The summed E-state index contributed by atoms with van der Waals surface area (Å²) in [6.45, 7) is 1.54. The van der Waals surface area contributed by atoms with Crippen molar-refractivity contribution >= 4 is 11.4 Å². The fourth-order valence-electron chi connectivity index (χ4n) is 2.18. The second-order valence-electron chi connectivity index (χ2n) is 4.53. The van der Waals surface area contributed by atoms with Crippen molar-refractivity contribution in [1.29, 1.82) is 0 Å². The molecular weight excluding hydrogens is 248 g/mol. The van der Waals surface area contributed by atoms with Gasteiger partial charge in [-0.3, -0.25) is 10.1 Å². The highest BCUT2D eigenvalue weighted by molar-refractivity contribution is 5.61. The van der Waals surface area contributed by atoms with Gasteiger partial charge in [-0.2, -0.15) is 0 Å². The molecule has 19 heavy (non-hydrogen) atoms. The molecule has 2 rings (SSSR count). The molecule has 0 aliphatic carbocycles. The lowest BCUT2D eigenvalue weighted by Gasteiger charge is -2.18. The molecule has 1 unspecified atom stereocenters. The SMILES string of the molecule is COc1cc([N+](=O)[O-])ccc1NC1CCCOCC1. The van der Waals surface area contributed by atoms with Gasteiger partial charge in [0, 0.05) is 25.3 Å². The van der Waals surface area contributed by atoms with Gasteiger partial charge in [-0.15, -0.1) is 0 Å². The lowest BCUT2D eigenvalue weighted by atomic mass is 10.1. The van der Waals surface area contributed by atoms with Gasteiger partial charge in [-0.1, -0.05) is 0 Å². The van der Waals surface area contributed by atoms with Crippen LogP contribution in [-0.4, -0.2) is 31.3 Å². The van der Waals surface area contributed by atoms with Crippen LogP contribution in [0.5, 0.6) is 5.75 Å². The summed E-state index contributed by atoms with van der Waals surface area (Å²) in [7, 11) is 1.51. The molecular formula is C13H18N2O4. The zero-order valence-electron chi connectivity index (χ0n) is 10.9. The van der Waals surface area contributed by atoms with Gasteiger partial charge < -0.3 is 14.8 Å². The van der Waals surface area contributed by atoms with E-state index >= 15 is 0 Å². The maximum atomic E-state index is 10.7. The Bertz CT molecular complexity index is 442. The standard InChI is InChI=1S/C13H18N2O4/c1-18-13-9-11(15(16)17)4-5-12(13)14-10-3-2-7-19-8-6-10/h4-5,9-10,14H,2-3,6-8H2,1H3. The average Bonchev–Trinajstić information content (AvgIpc) is 2.67.